The molecular formula is C15H21ClN4S. The van der Waals surface area contributed by atoms with Gasteiger partial charge in [0.15, 0.2) is 0 Å². The highest BCUT2D eigenvalue weighted by Gasteiger charge is 2.29. The maximum Gasteiger partial charge on any atom is 0.0847 e. The van der Waals surface area contributed by atoms with Crippen LogP contribution in [0.15, 0.2) is 11.4 Å². The van der Waals surface area contributed by atoms with Gasteiger partial charge < -0.3 is 0 Å². The number of nitrogens with zero attached hydrogens (tertiary/aromatic N) is 2. The van der Waals surface area contributed by atoms with Crippen LogP contribution in [0.5, 0.6) is 0 Å². The Morgan fingerprint density at radius 1 is 1.62 bits per heavy atom. The van der Waals surface area contributed by atoms with Crippen LogP contribution in [-0.4, -0.2) is 15.8 Å². The highest BCUT2D eigenvalue weighted by Crippen LogP contribution is 2.38. The fourth-order valence-corrected chi connectivity index (χ4v) is 4.60. The predicted octanol–water partition coefficient (Wildman–Crippen LogP) is 2.94. The molecule has 2 aromatic rings. The van der Waals surface area contributed by atoms with Crippen molar-refractivity contribution < 1.29 is 0 Å². The van der Waals surface area contributed by atoms with Crippen LogP contribution in [0.4, 0.5) is 0 Å². The maximum absolute atomic E-state index is 6.38. The third-order valence-corrected chi connectivity index (χ3v) is 5.96. The number of halogens is 1. The van der Waals surface area contributed by atoms with Crippen molar-refractivity contribution in [2.45, 2.75) is 44.6 Å². The van der Waals surface area contributed by atoms with Crippen molar-refractivity contribution in [2.24, 2.45) is 12.9 Å². The van der Waals surface area contributed by atoms with Gasteiger partial charge in [0.05, 0.1) is 16.4 Å². The summed E-state index contributed by atoms with van der Waals surface area (Å²) >= 11 is 8.24. The first-order chi connectivity index (χ1) is 10.1. The summed E-state index contributed by atoms with van der Waals surface area (Å²) in [6, 6.07) is 2.44. The van der Waals surface area contributed by atoms with Crippen LogP contribution in [0.1, 0.15) is 40.6 Å². The summed E-state index contributed by atoms with van der Waals surface area (Å²) in [5, 5.41) is 7.35. The minimum atomic E-state index is 0.186. The molecule has 0 spiro atoms. The summed E-state index contributed by atoms with van der Waals surface area (Å²) in [6.45, 7) is 1.94. The van der Waals surface area contributed by atoms with Gasteiger partial charge in [0.1, 0.15) is 0 Å². The second-order valence-corrected chi connectivity index (χ2v) is 7.12. The Labute approximate surface area is 134 Å². The minimum Gasteiger partial charge on any atom is -0.271 e. The van der Waals surface area contributed by atoms with E-state index >= 15 is 0 Å². The zero-order valence-electron chi connectivity index (χ0n) is 12.4. The number of rotatable bonds is 4. The Morgan fingerprint density at radius 2 is 2.43 bits per heavy atom. The van der Waals surface area contributed by atoms with Crippen molar-refractivity contribution in [3.8, 4) is 0 Å². The lowest BCUT2D eigenvalue weighted by molar-refractivity contribution is 0.391. The van der Waals surface area contributed by atoms with Crippen LogP contribution in [0.25, 0.3) is 0 Å². The summed E-state index contributed by atoms with van der Waals surface area (Å²) < 4.78 is 1.87. The number of aromatic nitrogens is 2. The van der Waals surface area contributed by atoms with E-state index in [0.717, 1.165) is 22.8 Å². The van der Waals surface area contributed by atoms with Crippen molar-refractivity contribution in [1.82, 2.24) is 15.2 Å². The first-order valence-electron chi connectivity index (χ1n) is 7.32. The molecule has 1 aliphatic carbocycles. The molecule has 2 atom stereocenters. The number of hydrogen-bond acceptors (Lipinski definition) is 4. The van der Waals surface area contributed by atoms with E-state index in [4.69, 9.17) is 17.4 Å². The zero-order chi connectivity index (χ0) is 15.0. The van der Waals surface area contributed by atoms with Gasteiger partial charge in [-0.05, 0) is 43.2 Å². The Kier molecular flexibility index (Phi) is 4.36. The van der Waals surface area contributed by atoms with E-state index in [1.165, 1.54) is 29.7 Å². The highest BCUT2D eigenvalue weighted by atomic mass is 35.5. The second-order valence-electron chi connectivity index (χ2n) is 5.74. The SMILES string of the molecule is Cc1nn(C)c(CC(NN)C2CCCc3sccc32)c1Cl. The minimum absolute atomic E-state index is 0.186. The van der Waals surface area contributed by atoms with Crippen LogP contribution in [0.2, 0.25) is 5.02 Å². The Morgan fingerprint density at radius 3 is 3.10 bits per heavy atom. The molecule has 4 nitrogen and oxygen atoms in total. The van der Waals surface area contributed by atoms with Crippen LogP contribution in [0, 0.1) is 6.92 Å². The molecule has 21 heavy (non-hydrogen) atoms. The number of thiophene rings is 1. The van der Waals surface area contributed by atoms with Crippen molar-refractivity contribution in [1.29, 1.82) is 0 Å². The largest absolute Gasteiger partial charge is 0.271 e. The van der Waals surface area contributed by atoms with Crippen LogP contribution in [0.3, 0.4) is 0 Å². The topological polar surface area (TPSA) is 55.9 Å². The summed E-state index contributed by atoms with van der Waals surface area (Å²) in [4.78, 5) is 1.51. The van der Waals surface area contributed by atoms with Gasteiger partial charge in [-0.1, -0.05) is 11.6 Å². The molecule has 1 aliphatic rings. The van der Waals surface area contributed by atoms with Crippen molar-refractivity contribution in [3.63, 3.8) is 0 Å². The number of hydrazine groups is 1. The molecule has 114 valence electrons. The summed E-state index contributed by atoms with van der Waals surface area (Å²) in [7, 11) is 1.94. The number of nitrogens with one attached hydrogen (secondary N) is 1. The van der Waals surface area contributed by atoms with Crippen molar-refractivity contribution in [3.05, 3.63) is 38.3 Å². The first kappa shape index (κ1) is 15.0. The first-order valence-corrected chi connectivity index (χ1v) is 8.58. The molecule has 0 amide bonds. The number of fused-ring (bicyclic) bond motifs is 1. The highest BCUT2D eigenvalue weighted by molar-refractivity contribution is 7.10. The second kappa shape index (κ2) is 6.08. The van der Waals surface area contributed by atoms with E-state index in [-0.39, 0.29) is 6.04 Å². The molecule has 2 heterocycles. The molecule has 0 aliphatic heterocycles. The molecule has 6 heteroatoms. The van der Waals surface area contributed by atoms with Crippen LogP contribution < -0.4 is 11.3 Å². The lowest BCUT2D eigenvalue weighted by Crippen LogP contribution is -2.42. The van der Waals surface area contributed by atoms with Gasteiger partial charge in [0, 0.05) is 30.3 Å². The number of nitrogens with two attached hydrogens (primary N) is 1. The van der Waals surface area contributed by atoms with E-state index in [0.29, 0.717) is 5.92 Å². The molecule has 0 bridgehead atoms. The molecule has 2 unspecified atom stereocenters. The predicted molar refractivity (Wildman–Crippen MR) is 87.8 cm³/mol. The monoisotopic (exact) mass is 324 g/mol. The molecule has 2 aromatic heterocycles. The van der Waals surface area contributed by atoms with Crippen molar-refractivity contribution in [2.75, 3.05) is 0 Å². The van der Waals surface area contributed by atoms with Gasteiger partial charge in [-0.15, -0.1) is 11.3 Å². The fraction of sp³-hybridized carbons (Fsp3) is 0.533. The molecule has 0 saturated carbocycles. The molecule has 0 radical (unpaired) electrons. The molecule has 3 N–H and O–H groups in total. The van der Waals surface area contributed by atoms with Gasteiger partial charge in [0.25, 0.3) is 0 Å². The van der Waals surface area contributed by atoms with Gasteiger partial charge in [-0.3, -0.25) is 16.0 Å². The average molecular weight is 325 g/mol. The third-order valence-electron chi connectivity index (χ3n) is 4.47. The summed E-state index contributed by atoms with van der Waals surface area (Å²) in [6.07, 6.45) is 4.40. The average Bonchev–Trinajstić information content (AvgIpc) is 3.04. The summed E-state index contributed by atoms with van der Waals surface area (Å²) in [5.74, 6) is 6.32. The molecule has 0 saturated heterocycles. The number of hydrogen-bond donors (Lipinski definition) is 2. The summed E-state index contributed by atoms with van der Waals surface area (Å²) in [5.41, 5.74) is 6.42. The fourth-order valence-electron chi connectivity index (χ4n) is 3.37. The standard InChI is InChI=1S/C15H21ClN4S/c1-9-15(16)13(20(2)19-9)8-12(18-17)10-4-3-5-14-11(10)6-7-21-14/h6-7,10,12,18H,3-5,8,17H2,1-2H3. The lowest BCUT2D eigenvalue weighted by atomic mass is 9.81. The van der Waals surface area contributed by atoms with Gasteiger partial charge in [0.2, 0.25) is 0 Å². The molecule has 0 aromatic carbocycles. The smallest absolute Gasteiger partial charge is 0.0847 e. The Hall–Kier alpha value is -0.880. The van der Waals surface area contributed by atoms with E-state index in [9.17, 15) is 0 Å². The van der Waals surface area contributed by atoms with Crippen LogP contribution >= 0.6 is 22.9 Å². The van der Waals surface area contributed by atoms with Gasteiger partial charge >= 0.3 is 0 Å². The third kappa shape index (κ3) is 2.75. The van der Waals surface area contributed by atoms with E-state index in [2.05, 4.69) is 22.0 Å². The van der Waals surface area contributed by atoms with Crippen LogP contribution in [-0.2, 0) is 19.9 Å². The van der Waals surface area contributed by atoms with E-state index in [1.54, 1.807) is 0 Å². The quantitative estimate of drug-likeness (QED) is 0.671. The van der Waals surface area contributed by atoms with E-state index < -0.39 is 0 Å². The number of aryl methyl sites for hydroxylation is 3. The molecule has 0 fully saturated rings. The van der Waals surface area contributed by atoms with E-state index in [1.807, 2.05) is 30.0 Å². The molecule has 3 rings (SSSR count). The van der Waals surface area contributed by atoms with Crippen molar-refractivity contribution >= 4 is 22.9 Å². The lowest BCUT2D eigenvalue weighted by Gasteiger charge is -2.30. The van der Waals surface area contributed by atoms with Gasteiger partial charge in [-0.25, -0.2) is 0 Å². The normalized spacial score (nSPS) is 19.5. The van der Waals surface area contributed by atoms with Gasteiger partial charge in [-0.2, -0.15) is 5.10 Å². The maximum atomic E-state index is 6.38. The Balaban J connectivity index is 1.87. The zero-order valence-corrected chi connectivity index (χ0v) is 14.0. The Bertz CT molecular complexity index is 634. The molecular weight excluding hydrogens is 304 g/mol.